The van der Waals surface area contributed by atoms with Crippen molar-refractivity contribution in [3.8, 4) is 0 Å². The molecule has 0 aliphatic carbocycles. The van der Waals surface area contributed by atoms with E-state index in [0.717, 1.165) is 141 Å². The van der Waals surface area contributed by atoms with Crippen molar-refractivity contribution in [2.75, 3.05) is 13.2 Å². The number of unbranched alkanes of at least 4 members (excludes halogenated alkanes) is 13. The molecule has 0 saturated carbocycles. The minimum atomic E-state index is -0.828. The molecule has 0 aliphatic heterocycles. The van der Waals surface area contributed by atoms with Crippen LogP contribution in [0.3, 0.4) is 0 Å². The van der Waals surface area contributed by atoms with Crippen molar-refractivity contribution in [2.24, 2.45) is 0 Å². The summed E-state index contributed by atoms with van der Waals surface area (Å²) in [6.45, 7) is 6.29. The smallest absolute Gasteiger partial charge is 0.306 e. The summed E-state index contributed by atoms with van der Waals surface area (Å²) in [6, 6.07) is 0. The second kappa shape index (κ2) is 56.9. The fourth-order valence-corrected chi connectivity index (χ4v) is 6.94. The van der Waals surface area contributed by atoms with E-state index in [4.69, 9.17) is 14.2 Å². The van der Waals surface area contributed by atoms with Crippen LogP contribution in [0, 0.1) is 0 Å². The Morgan fingerprint density at radius 1 is 0.300 bits per heavy atom. The van der Waals surface area contributed by atoms with Gasteiger partial charge in [-0.15, -0.1) is 0 Å². The van der Waals surface area contributed by atoms with Crippen molar-refractivity contribution >= 4 is 17.9 Å². The van der Waals surface area contributed by atoms with Gasteiger partial charge in [-0.1, -0.05) is 212 Å². The zero-order valence-electron chi connectivity index (χ0n) is 44.7. The lowest BCUT2D eigenvalue weighted by Gasteiger charge is -2.18. The van der Waals surface area contributed by atoms with E-state index < -0.39 is 6.10 Å². The van der Waals surface area contributed by atoms with E-state index in [9.17, 15) is 14.4 Å². The largest absolute Gasteiger partial charge is 0.462 e. The van der Waals surface area contributed by atoms with Crippen molar-refractivity contribution in [3.05, 3.63) is 146 Å². The van der Waals surface area contributed by atoms with E-state index in [1.165, 1.54) is 32.1 Å². The molecule has 0 aromatic heterocycles. The first-order valence-electron chi connectivity index (χ1n) is 27.8. The number of carbonyl (C=O) groups excluding carboxylic acids is 3. The Balaban J connectivity index is 4.52. The van der Waals surface area contributed by atoms with Crippen LogP contribution < -0.4 is 0 Å². The zero-order chi connectivity index (χ0) is 50.7. The van der Waals surface area contributed by atoms with Crippen LogP contribution in [0.2, 0.25) is 0 Å². The van der Waals surface area contributed by atoms with Gasteiger partial charge in [0.1, 0.15) is 13.2 Å². The first kappa shape index (κ1) is 65.3. The highest BCUT2D eigenvalue weighted by molar-refractivity contribution is 5.71. The third-order valence-corrected chi connectivity index (χ3v) is 11.1. The number of carbonyl (C=O) groups is 3. The number of esters is 3. The lowest BCUT2D eigenvalue weighted by atomic mass is 10.1. The summed E-state index contributed by atoms with van der Waals surface area (Å²) in [5.74, 6) is -1.02. The first-order chi connectivity index (χ1) is 34.5. The van der Waals surface area contributed by atoms with E-state index in [1.807, 2.05) is 0 Å². The van der Waals surface area contributed by atoms with Crippen LogP contribution in [0.25, 0.3) is 0 Å². The molecule has 0 bridgehead atoms. The summed E-state index contributed by atoms with van der Waals surface area (Å²) in [5.41, 5.74) is 0. The molecule has 70 heavy (non-hydrogen) atoms. The highest BCUT2D eigenvalue weighted by Gasteiger charge is 2.19. The van der Waals surface area contributed by atoms with Gasteiger partial charge in [-0.05, 0) is 135 Å². The molecule has 6 heteroatoms. The molecular weight excluding hydrogens is 865 g/mol. The van der Waals surface area contributed by atoms with E-state index >= 15 is 0 Å². The molecule has 0 fully saturated rings. The van der Waals surface area contributed by atoms with E-state index in [-0.39, 0.29) is 37.5 Å². The molecule has 0 saturated heterocycles. The minimum absolute atomic E-state index is 0.119. The highest BCUT2D eigenvalue weighted by atomic mass is 16.6. The molecule has 0 aliphatic rings. The monoisotopic (exact) mass is 965 g/mol. The normalized spacial score (nSPS) is 13.2. The lowest BCUT2D eigenvalue weighted by Crippen LogP contribution is -2.30. The molecule has 0 amide bonds. The molecule has 0 spiro atoms. The summed E-state index contributed by atoms with van der Waals surface area (Å²) in [5, 5.41) is 0. The van der Waals surface area contributed by atoms with Gasteiger partial charge >= 0.3 is 17.9 Å². The zero-order valence-corrected chi connectivity index (χ0v) is 44.7. The van der Waals surface area contributed by atoms with Crippen LogP contribution in [-0.4, -0.2) is 37.2 Å². The quantitative estimate of drug-likeness (QED) is 0.0262. The Hall–Kier alpha value is -4.71. The first-order valence-corrected chi connectivity index (χ1v) is 27.8. The Morgan fingerprint density at radius 3 is 0.929 bits per heavy atom. The molecule has 0 rings (SSSR count). The van der Waals surface area contributed by atoms with Gasteiger partial charge in [0.05, 0.1) is 0 Å². The summed E-state index contributed by atoms with van der Waals surface area (Å²) in [7, 11) is 0. The van der Waals surface area contributed by atoms with Gasteiger partial charge in [-0.2, -0.15) is 0 Å². The molecule has 0 radical (unpaired) electrons. The summed E-state index contributed by atoms with van der Waals surface area (Å²) in [6.07, 6.45) is 81.2. The van der Waals surface area contributed by atoms with Gasteiger partial charge < -0.3 is 14.2 Å². The molecular formula is C64H100O6. The summed E-state index contributed by atoms with van der Waals surface area (Å²) in [4.78, 5) is 38.1. The molecule has 392 valence electrons. The lowest BCUT2D eigenvalue weighted by molar-refractivity contribution is -0.167. The van der Waals surface area contributed by atoms with Gasteiger partial charge in [-0.3, -0.25) is 14.4 Å². The standard InChI is InChI=1S/C64H100O6/c1-4-7-10-13-16-19-22-25-27-29-30-31-32-33-34-36-37-39-42-45-48-51-54-57-63(66)69-60-61(59-68-62(65)56-53-50-47-44-41-24-21-18-15-12-9-6-3)70-64(67)58-55-52-49-46-43-40-38-35-28-26-23-20-17-14-11-8-5-2/h7-8,10-11,16-21,25-28,30-31,33-34,37-40,46,49,61H,4-6,9,12-15,22-24,29,32,35-36,41-45,47-48,50-60H2,1-3H3/b10-7-,11-8-,19-16-,20-17-,21-18-,27-25-,28-26-,31-30-,34-33-,39-37-,40-38-,49-46-. The average Bonchev–Trinajstić information content (AvgIpc) is 3.36. The van der Waals surface area contributed by atoms with Crippen LogP contribution in [0.5, 0.6) is 0 Å². The maximum atomic E-state index is 12.8. The number of allylic oxidation sites excluding steroid dienone is 24. The molecule has 1 unspecified atom stereocenters. The topological polar surface area (TPSA) is 78.9 Å². The molecule has 0 heterocycles. The molecule has 6 nitrogen and oxygen atoms in total. The number of hydrogen-bond donors (Lipinski definition) is 0. The third kappa shape index (κ3) is 54.2. The maximum Gasteiger partial charge on any atom is 0.306 e. The Bertz CT molecular complexity index is 1580. The molecule has 0 aromatic carbocycles. The van der Waals surface area contributed by atoms with Crippen molar-refractivity contribution in [1.82, 2.24) is 0 Å². The van der Waals surface area contributed by atoms with Crippen LogP contribution in [0.1, 0.15) is 220 Å². The van der Waals surface area contributed by atoms with Crippen LogP contribution in [-0.2, 0) is 28.6 Å². The van der Waals surface area contributed by atoms with Crippen LogP contribution in [0.4, 0.5) is 0 Å². The van der Waals surface area contributed by atoms with Gasteiger partial charge in [0.15, 0.2) is 6.10 Å². The minimum Gasteiger partial charge on any atom is -0.462 e. The van der Waals surface area contributed by atoms with Gasteiger partial charge in [0, 0.05) is 19.3 Å². The van der Waals surface area contributed by atoms with Crippen molar-refractivity contribution in [3.63, 3.8) is 0 Å². The third-order valence-electron chi connectivity index (χ3n) is 11.1. The fourth-order valence-electron chi connectivity index (χ4n) is 6.94. The second-order valence-corrected chi connectivity index (χ2v) is 17.7. The Kier molecular flexibility index (Phi) is 53.0. The molecule has 1 atom stereocenters. The Labute approximate surface area is 429 Å². The maximum absolute atomic E-state index is 12.8. The van der Waals surface area contributed by atoms with E-state index in [1.54, 1.807) is 0 Å². The van der Waals surface area contributed by atoms with Gasteiger partial charge in [0.2, 0.25) is 0 Å². The van der Waals surface area contributed by atoms with Crippen molar-refractivity contribution < 1.29 is 28.6 Å². The van der Waals surface area contributed by atoms with Gasteiger partial charge in [0.25, 0.3) is 0 Å². The van der Waals surface area contributed by atoms with E-state index in [0.29, 0.717) is 19.3 Å². The van der Waals surface area contributed by atoms with Gasteiger partial charge in [-0.25, -0.2) is 0 Å². The average molecular weight is 965 g/mol. The predicted octanol–water partition coefficient (Wildman–Crippen LogP) is 18.8. The number of hydrogen-bond acceptors (Lipinski definition) is 6. The van der Waals surface area contributed by atoms with Crippen LogP contribution in [0.15, 0.2) is 146 Å². The SMILES string of the molecule is CC/C=C\C/C=C\C/C=C\C/C=C\C/C=C\C/C=C\CCCCCCC(=O)OCC(COC(=O)CCCCCCC/C=C\CCCCC)OC(=O)CCC/C=C\C/C=C\C/C=C\C/C=C\C/C=C\CC. The fraction of sp³-hybridized carbons (Fsp3) is 0.578. The number of rotatable bonds is 48. The van der Waals surface area contributed by atoms with Crippen LogP contribution >= 0.6 is 0 Å². The van der Waals surface area contributed by atoms with Crippen molar-refractivity contribution in [1.29, 1.82) is 0 Å². The predicted molar refractivity (Wildman–Crippen MR) is 302 cm³/mol. The van der Waals surface area contributed by atoms with E-state index in [2.05, 4.69) is 167 Å². The number of ether oxygens (including phenoxy) is 3. The molecule has 0 aromatic rings. The second-order valence-electron chi connectivity index (χ2n) is 17.7. The summed E-state index contributed by atoms with van der Waals surface area (Å²) >= 11 is 0. The highest BCUT2D eigenvalue weighted by Crippen LogP contribution is 2.12. The molecule has 0 N–H and O–H groups in total. The summed E-state index contributed by atoms with van der Waals surface area (Å²) < 4.78 is 16.7. The Morgan fingerprint density at radius 2 is 0.571 bits per heavy atom. The van der Waals surface area contributed by atoms with Crippen molar-refractivity contribution in [2.45, 2.75) is 226 Å².